The van der Waals surface area contributed by atoms with Crippen LogP contribution in [0.3, 0.4) is 0 Å². The van der Waals surface area contributed by atoms with Gasteiger partial charge in [-0.05, 0) is 19.9 Å². The maximum absolute atomic E-state index is 13.8. The highest BCUT2D eigenvalue weighted by Crippen LogP contribution is 2.56. The Bertz CT molecular complexity index is 250. The lowest BCUT2D eigenvalue weighted by molar-refractivity contribution is -0.0943. The molecule has 1 heterocycles. The first-order chi connectivity index (χ1) is 6.29. The van der Waals surface area contributed by atoms with Gasteiger partial charge in [0.2, 0.25) is 0 Å². The molecule has 2 fully saturated rings. The molecule has 82 valence electrons. The van der Waals surface area contributed by atoms with E-state index in [1.54, 1.807) is 9.24 Å². The molecule has 0 bridgehead atoms. The first-order valence-corrected chi connectivity index (χ1v) is 5.44. The van der Waals surface area contributed by atoms with E-state index in [1.165, 1.54) is 0 Å². The fourth-order valence-corrected chi connectivity index (χ4v) is 2.72. The molecule has 0 radical (unpaired) electrons. The van der Waals surface area contributed by atoms with Crippen LogP contribution in [-0.4, -0.2) is 35.4 Å². The van der Waals surface area contributed by atoms with Gasteiger partial charge in [-0.25, -0.2) is 13.2 Å². The topological polar surface area (TPSA) is 3.24 Å². The molecular weight excluding hydrogens is 210 g/mol. The molecule has 14 heavy (non-hydrogen) atoms. The highest BCUT2D eigenvalue weighted by Gasteiger charge is 2.61. The SMILES string of the molecule is CN1CCC(F)(F)C(F)(P)CC12CC2. The summed E-state index contributed by atoms with van der Waals surface area (Å²) in [5, 5.41) is -2.42. The van der Waals surface area contributed by atoms with E-state index in [-0.39, 0.29) is 24.9 Å². The Morgan fingerprint density at radius 3 is 2.21 bits per heavy atom. The Morgan fingerprint density at radius 1 is 1.14 bits per heavy atom. The molecule has 0 aromatic carbocycles. The van der Waals surface area contributed by atoms with Gasteiger partial charge in [0.1, 0.15) is 0 Å². The van der Waals surface area contributed by atoms with Gasteiger partial charge in [0.25, 0.3) is 5.92 Å². The van der Waals surface area contributed by atoms with Crippen molar-refractivity contribution >= 4 is 9.24 Å². The minimum absolute atomic E-state index is 0.0613. The fraction of sp³-hybridized carbons (Fsp3) is 1.00. The van der Waals surface area contributed by atoms with Gasteiger partial charge in [-0.3, -0.25) is 0 Å². The van der Waals surface area contributed by atoms with Crippen LogP contribution in [0.2, 0.25) is 0 Å². The van der Waals surface area contributed by atoms with Crippen molar-refractivity contribution in [2.45, 2.75) is 42.6 Å². The first-order valence-electron chi connectivity index (χ1n) is 4.86. The molecule has 1 aliphatic carbocycles. The lowest BCUT2D eigenvalue weighted by atomic mass is 10.0. The largest absolute Gasteiger partial charge is 0.300 e. The van der Waals surface area contributed by atoms with Gasteiger partial charge < -0.3 is 4.90 Å². The maximum Gasteiger partial charge on any atom is 0.286 e. The normalized spacial score (nSPS) is 40.9. The summed E-state index contributed by atoms with van der Waals surface area (Å²) in [4.78, 5) is 1.90. The highest BCUT2D eigenvalue weighted by molar-refractivity contribution is 7.18. The van der Waals surface area contributed by atoms with Gasteiger partial charge in [-0.15, -0.1) is 0 Å². The number of likely N-dealkylation sites (tertiary alicyclic amines) is 1. The van der Waals surface area contributed by atoms with Crippen molar-refractivity contribution in [1.29, 1.82) is 0 Å². The second-order valence-corrected chi connectivity index (χ2v) is 5.55. The van der Waals surface area contributed by atoms with Gasteiger partial charge in [0.15, 0.2) is 5.41 Å². The van der Waals surface area contributed by atoms with Crippen LogP contribution < -0.4 is 0 Å². The molecule has 1 saturated heterocycles. The van der Waals surface area contributed by atoms with E-state index in [2.05, 4.69) is 0 Å². The predicted octanol–water partition coefficient (Wildman–Crippen LogP) is 2.42. The van der Waals surface area contributed by atoms with Crippen LogP contribution in [0, 0.1) is 0 Å². The Hall–Kier alpha value is 0.180. The van der Waals surface area contributed by atoms with E-state index in [0.29, 0.717) is 0 Å². The summed E-state index contributed by atoms with van der Waals surface area (Å²) in [6, 6.07) is 0. The molecule has 0 amide bonds. The van der Waals surface area contributed by atoms with Gasteiger partial charge in [0, 0.05) is 24.9 Å². The van der Waals surface area contributed by atoms with E-state index >= 15 is 0 Å². The Morgan fingerprint density at radius 2 is 1.71 bits per heavy atom. The van der Waals surface area contributed by atoms with Gasteiger partial charge in [-0.1, -0.05) is 9.24 Å². The summed E-state index contributed by atoms with van der Waals surface area (Å²) in [5.41, 5.74) is -0.281. The molecule has 1 saturated carbocycles. The lowest BCUT2D eigenvalue weighted by Gasteiger charge is -2.30. The average molecular weight is 225 g/mol. The van der Waals surface area contributed by atoms with Crippen LogP contribution in [0.1, 0.15) is 25.7 Å². The summed E-state index contributed by atoms with van der Waals surface area (Å²) in [6.45, 7) is 0.285. The summed E-state index contributed by atoms with van der Waals surface area (Å²) in [6.07, 6.45) is 1.25. The lowest BCUT2D eigenvalue weighted by Crippen LogP contribution is -2.41. The number of hydrogen-bond donors (Lipinski definition) is 0. The third kappa shape index (κ3) is 1.47. The Balaban J connectivity index is 2.25. The van der Waals surface area contributed by atoms with Crippen LogP contribution in [0.15, 0.2) is 0 Å². The van der Waals surface area contributed by atoms with E-state index in [9.17, 15) is 13.2 Å². The summed E-state index contributed by atoms with van der Waals surface area (Å²) in [5.74, 6) is -3.21. The zero-order chi connectivity index (χ0) is 10.6. The molecule has 1 nitrogen and oxygen atoms in total. The zero-order valence-electron chi connectivity index (χ0n) is 8.19. The van der Waals surface area contributed by atoms with E-state index in [4.69, 9.17) is 0 Å². The minimum atomic E-state index is -3.21. The third-order valence-corrected chi connectivity index (χ3v) is 4.22. The van der Waals surface area contributed by atoms with Crippen LogP contribution in [0.4, 0.5) is 13.2 Å². The van der Waals surface area contributed by atoms with Gasteiger partial charge in [0.05, 0.1) is 0 Å². The van der Waals surface area contributed by atoms with E-state index in [1.807, 2.05) is 11.9 Å². The van der Waals surface area contributed by atoms with Crippen LogP contribution in [0.5, 0.6) is 0 Å². The van der Waals surface area contributed by atoms with E-state index < -0.39 is 11.3 Å². The Labute approximate surface area is 84.2 Å². The molecule has 2 unspecified atom stereocenters. The van der Waals surface area contributed by atoms with Crippen molar-refractivity contribution in [3.63, 3.8) is 0 Å². The third-order valence-electron chi connectivity index (χ3n) is 3.59. The van der Waals surface area contributed by atoms with Crippen molar-refractivity contribution in [2.75, 3.05) is 13.6 Å². The summed E-state index contributed by atoms with van der Waals surface area (Å²) in [7, 11) is 3.54. The summed E-state index contributed by atoms with van der Waals surface area (Å²) >= 11 is 0. The maximum atomic E-state index is 13.8. The van der Waals surface area contributed by atoms with Crippen molar-refractivity contribution in [1.82, 2.24) is 4.90 Å². The first kappa shape index (κ1) is 10.7. The van der Waals surface area contributed by atoms with Crippen LogP contribution in [-0.2, 0) is 0 Å². The number of nitrogens with zero attached hydrogens (tertiary/aromatic N) is 1. The molecule has 0 N–H and O–H groups in total. The van der Waals surface area contributed by atoms with Crippen molar-refractivity contribution < 1.29 is 13.2 Å². The summed E-state index contributed by atoms with van der Waals surface area (Å²) < 4.78 is 40.5. The van der Waals surface area contributed by atoms with Gasteiger partial charge >= 0.3 is 0 Å². The molecule has 2 atom stereocenters. The second kappa shape index (κ2) is 2.85. The van der Waals surface area contributed by atoms with Crippen molar-refractivity contribution in [2.24, 2.45) is 0 Å². The van der Waals surface area contributed by atoms with E-state index in [0.717, 1.165) is 12.8 Å². The smallest absolute Gasteiger partial charge is 0.286 e. The van der Waals surface area contributed by atoms with Crippen LogP contribution in [0.25, 0.3) is 0 Å². The standard InChI is InChI=1S/C9H15F3NP/c1-13-5-4-8(10,11)9(12,14)6-7(13)2-3-7/h2-6,14H2,1H3. The van der Waals surface area contributed by atoms with Crippen molar-refractivity contribution in [3.8, 4) is 0 Å². The molecular formula is C9H15F3NP. The predicted molar refractivity (Wildman–Crippen MR) is 52.3 cm³/mol. The number of alkyl halides is 3. The monoisotopic (exact) mass is 225 g/mol. The Kier molecular flexibility index (Phi) is 2.18. The van der Waals surface area contributed by atoms with Crippen LogP contribution >= 0.6 is 9.24 Å². The molecule has 1 spiro atoms. The van der Waals surface area contributed by atoms with Crippen molar-refractivity contribution in [3.05, 3.63) is 0 Å². The number of hydrogen-bond acceptors (Lipinski definition) is 1. The highest BCUT2D eigenvalue weighted by atomic mass is 31.0. The molecule has 2 aliphatic rings. The average Bonchev–Trinajstić information content (AvgIpc) is 2.79. The quantitative estimate of drug-likeness (QED) is 0.572. The number of halogens is 3. The molecule has 0 aromatic rings. The fourth-order valence-electron chi connectivity index (χ4n) is 2.20. The molecule has 2 rings (SSSR count). The number of rotatable bonds is 0. The minimum Gasteiger partial charge on any atom is -0.300 e. The second-order valence-electron chi connectivity index (χ2n) is 4.64. The molecule has 5 heteroatoms. The molecule has 1 aliphatic heterocycles. The zero-order valence-corrected chi connectivity index (χ0v) is 9.35. The van der Waals surface area contributed by atoms with Gasteiger partial charge in [-0.2, -0.15) is 0 Å². The molecule has 0 aromatic heterocycles.